The molecule has 1 fully saturated rings. The number of fused-ring (bicyclic) bond motifs is 2. The Kier molecular flexibility index (Phi) is 3.44. The third kappa shape index (κ3) is 2.24. The van der Waals surface area contributed by atoms with Crippen LogP contribution in [0.5, 0.6) is 0 Å². The van der Waals surface area contributed by atoms with Crippen LogP contribution >= 0.6 is 11.3 Å². The lowest BCUT2D eigenvalue weighted by Gasteiger charge is -2.24. The van der Waals surface area contributed by atoms with Crippen molar-refractivity contribution in [1.82, 2.24) is 9.88 Å². The number of likely N-dealkylation sites (tertiary alicyclic amines) is 1. The highest BCUT2D eigenvalue weighted by Gasteiger charge is 2.48. The van der Waals surface area contributed by atoms with Crippen molar-refractivity contribution in [3.8, 4) is 0 Å². The molecule has 0 saturated carbocycles. The van der Waals surface area contributed by atoms with Gasteiger partial charge in [-0.05, 0) is 24.5 Å². The Morgan fingerprint density at radius 2 is 2.32 bits per heavy atom. The zero-order valence-corrected chi connectivity index (χ0v) is 13.8. The van der Waals surface area contributed by atoms with Gasteiger partial charge in [-0.1, -0.05) is 24.3 Å². The van der Waals surface area contributed by atoms with Crippen molar-refractivity contribution in [3.63, 3.8) is 0 Å². The summed E-state index contributed by atoms with van der Waals surface area (Å²) in [6.45, 7) is 4.98. The van der Waals surface area contributed by atoms with Crippen molar-refractivity contribution < 1.29 is 4.74 Å². The lowest BCUT2D eigenvalue weighted by atomic mass is 9.90. The van der Waals surface area contributed by atoms with Gasteiger partial charge in [0.1, 0.15) is 5.60 Å². The summed E-state index contributed by atoms with van der Waals surface area (Å²) in [5, 5.41) is 4.09. The molecular weight excluding hydrogens is 294 g/mol. The van der Waals surface area contributed by atoms with E-state index in [1.165, 1.54) is 16.0 Å². The zero-order valence-electron chi connectivity index (χ0n) is 13.0. The van der Waals surface area contributed by atoms with E-state index < -0.39 is 0 Å². The van der Waals surface area contributed by atoms with Gasteiger partial charge in [0.25, 0.3) is 0 Å². The summed E-state index contributed by atoms with van der Waals surface area (Å²) in [7, 11) is 1.92. The van der Waals surface area contributed by atoms with Gasteiger partial charge in [-0.25, -0.2) is 4.98 Å². The van der Waals surface area contributed by atoms with Crippen molar-refractivity contribution in [2.75, 3.05) is 18.9 Å². The second-order valence-electron chi connectivity index (χ2n) is 6.28. The zero-order chi connectivity index (χ0) is 15.2. The van der Waals surface area contributed by atoms with Gasteiger partial charge in [0, 0.05) is 37.3 Å². The largest absolute Gasteiger partial charge is 0.365 e. The number of anilines is 1. The Morgan fingerprint density at radius 3 is 3.14 bits per heavy atom. The van der Waals surface area contributed by atoms with Gasteiger partial charge in [-0.3, -0.25) is 4.90 Å². The Labute approximate surface area is 135 Å². The van der Waals surface area contributed by atoms with Gasteiger partial charge in [0.2, 0.25) is 0 Å². The number of rotatable bonds is 3. The lowest BCUT2D eigenvalue weighted by molar-refractivity contribution is -0.0300. The van der Waals surface area contributed by atoms with Crippen LogP contribution in [0.25, 0.3) is 0 Å². The summed E-state index contributed by atoms with van der Waals surface area (Å²) in [6.07, 6.45) is 3.05. The fourth-order valence-electron chi connectivity index (χ4n) is 3.75. The minimum absolute atomic E-state index is 0.105. The van der Waals surface area contributed by atoms with Crippen molar-refractivity contribution in [1.29, 1.82) is 0 Å². The number of nitrogens with one attached hydrogen (secondary N) is 1. The molecule has 0 amide bonds. The number of aromatic nitrogens is 1. The number of hydrogen-bond acceptors (Lipinski definition) is 5. The van der Waals surface area contributed by atoms with Crippen molar-refractivity contribution in [2.24, 2.45) is 0 Å². The van der Waals surface area contributed by atoms with E-state index >= 15 is 0 Å². The first-order chi connectivity index (χ1) is 10.7. The number of thiazole rings is 1. The Morgan fingerprint density at radius 1 is 1.45 bits per heavy atom. The molecule has 22 heavy (non-hydrogen) atoms. The highest BCUT2D eigenvalue weighted by Crippen LogP contribution is 2.46. The van der Waals surface area contributed by atoms with Crippen LogP contribution in [0.2, 0.25) is 0 Å². The molecule has 0 aliphatic carbocycles. The topological polar surface area (TPSA) is 37.4 Å². The van der Waals surface area contributed by atoms with E-state index in [2.05, 4.69) is 46.4 Å². The molecule has 2 aliphatic heterocycles. The molecule has 116 valence electrons. The molecule has 1 saturated heterocycles. The molecule has 0 bridgehead atoms. The third-order valence-corrected chi connectivity index (χ3v) is 5.85. The molecule has 2 aromatic rings. The minimum atomic E-state index is -0.105. The van der Waals surface area contributed by atoms with E-state index in [0.717, 1.165) is 31.2 Å². The van der Waals surface area contributed by atoms with Gasteiger partial charge < -0.3 is 10.1 Å². The summed E-state index contributed by atoms with van der Waals surface area (Å²) in [6, 6.07) is 9.19. The normalized spacial score (nSPS) is 27.5. The van der Waals surface area contributed by atoms with Crippen LogP contribution in [0.1, 0.15) is 29.3 Å². The van der Waals surface area contributed by atoms with Crippen molar-refractivity contribution in [3.05, 3.63) is 46.5 Å². The standard InChI is InChI=1S/C17H21N3OS/c1-12-7-17(15-6-4-3-5-13(15)10-21-17)11-20(12)9-14-8-19-16(18-2)22-14/h3-6,8,12H,7,9-11H2,1-2H3,(H,18,19). The molecule has 2 unspecified atom stereocenters. The fraction of sp³-hybridized carbons (Fsp3) is 0.471. The molecule has 2 atom stereocenters. The van der Waals surface area contributed by atoms with Gasteiger partial charge in [0.15, 0.2) is 5.13 Å². The van der Waals surface area contributed by atoms with E-state index in [0.29, 0.717) is 6.04 Å². The van der Waals surface area contributed by atoms with E-state index in [4.69, 9.17) is 4.74 Å². The Bertz CT molecular complexity index is 686. The highest BCUT2D eigenvalue weighted by atomic mass is 32.1. The number of hydrogen-bond donors (Lipinski definition) is 1. The quantitative estimate of drug-likeness (QED) is 0.944. The molecule has 0 radical (unpaired) electrons. The summed E-state index contributed by atoms with van der Waals surface area (Å²) in [5.74, 6) is 0. The summed E-state index contributed by atoms with van der Waals surface area (Å²) >= 11 is 1.73. The smallest absolute Gasteiger partial charge is 0.182 e. The van der Waals surface area contributed by atoms with E-state index in [1.807, 2.05) is 13.2 Å². The molecule has 1 N–H and O–H groups in total. The first kappa shape index (κ1) is 14.2. The second kappa shape index (κ2) is 5.33. The van der Waals surface area contributed by atoms with Gasteiger partial charge in [-0.15, -0.1) is 11.3 Å². The summed E-state index contributed by atoms with van der Waals surface area (Å²) in [4.78, 5) is 8.20. The molecular formula is C17H21N3OS. The monoisotopic (exact) mass is 315 g/mol. The average Bonchev–Trinajstić information content (AvgIpc) is 3.21. The van der Waals surface area contributed by atoms with E-state index in [1.54, 1.807) is 11.3 Å². The van der Waals surface area contributed by atoms with Gasteiger partial charge >= 0.3 is 0 Å². The molecule has 1 aromatic heterocycles. The maximum absolute atomic E-state index is 6.27. The molecule has 4 nitrogen and oxygen atoms in total. The van der Waals surface area contributed by atoms with Crippen LogP contribution in [-0.4, -0.2) is 29.5 Å². The molecule has 3 heterocycles. The van der Waals surface area contributed by atoms with Crippen LogP contribution < -0.4 is 5.32 Å². The van der Waals surface area contributed by atoms with E-state index in [-0.39, 0.29) is 5.60 Å². The first-order valence-corrected chi connectivity index (χ1v) is 8.61. The molecule has 2 aliphatic rings. The van der Waals surface area contributed by atoms with Crippen LogP contribution in [0.3, 0.4) is 0 Å². The fourth-order valence-corrected chi connectivity index (χ4v) is 4.54. The lowest BCUT2D eigenvalue weighted by Crippen LogP contribution is -2.31. The molecule has 5 heteroatoms. The maximum Gasteiger partial charge on any atom is 0.182 e. The Hall–Kier alpha value is -1.43. The average molecular weight is 315 g/mol. The van der Waals surface area contributed by atoms with Crippen LogP contribution in [-0.2, 0) is 23.5 Å². The Balaban J connectivity index is 1.55. The number of benzene rings is 1. The van der Waals surface area contributed by atoms with Crippen LogP contribution in [0, 0.1) is 0 Å². The number of nitrogens with zero attached hydrogens (tertiary/aromatic N) is 2. The first-order valence-electron chi connectivity index (χ1n) is 7.79. The SMILES string of the molecule is CNc1ncc(CN2CC3(CC2C)OCc2ccccc23)s1. The van der Waals surface area contributed by atoms with Gasteiger partial charge in [0.05, 0.1) is 6.61 Å². The maximum atomic E-state index is 6.27. The number of ether oxygens (including phenoxy) is 1. The predicted octanol–water partition coefficient (Wildman–Crippen LogP) is 3.20. The van der Waals surface area contributed by atoms with Crippen molar-refractivity contribution in [2.45, 2.75) is 38.1 Å². The molecule has 1 spiro atoms. The van der Waals surface area contributed by atoms with Crippen LogP contribution in [0.15, 0.2) is 30.5 Å². The molecule has 1 aromatic carbocycles. The third-order valence-electron chi connectivity index (χ3n) is 4.85. The van der Waals surface area contributed by atoms with E-state index in [9.17, 15) is 0 Å². The van der Waals surface area contributed by atoms with Crippen molar-refractivity contribution >= 4 is 16.5 Å². The predicted molar refractivity (Wildman–Crippen MR) is 89.1 cm³/mol. The molecule has 4 rings (SSSR count). The second-order valence-corrected chi connectivity index (χ2v) is 7.40. The minimum Gasteiger partial charge on any atom is -0.365 e. The van der Waals surface area contributed by atoms with Gasteiger partial charge in [-0.2, -0.15) is 0 Å². The summed E-state index contributed by atoms with van der Waals surface area (Å²) in [5.41, 5.74) is 2.64. The summed E-state index contributed by atoms with van der Waals surface area (Å²) < 4.78 is 6.27. The van der Waals surface area contributed by atoms with Crippen LogP contribution in [0.4, 0.5) is 5.13 Å². The highest BCUT2D eigenvalue weighted by molar-refractivity contribution is 7.15.